The topological polar surface area (TPSA) is 82.8 Å². The third-order valence-electron chi connectivity index (χ3n) is 7.69. The summed E-state index contributed by atoms with van der Waals surface area (Å²) < 4.78 is 12.7. The van der Waals surface area contributed by atoms with E-state index in [-0.39, 0.29) is 5.56 Å². The number of carbonyl (C=O) groups excluding carboxylic acids is 1. The lowest BCUT2D eigenvalue weighted by Crippen LogP contribution is -2.20. The average Bonchev–Trinajstić information content (AvgIpc) is 3.04. The molecule has 0 atom stereocenters. The van der Waals surface area contributed by atoms with Gasteiger partial charge < -0.3 is 9.47 Å². The molecule has 44 heavy (non-hydrogen) atoms. The summed E-state index contributed by atoms with van der Waals surface area (Å²) in [4.78, 5) is 29.9. The van der Waals surface area contributed by atoms with E-state index in [2.05, 4.69) is 17.0 Å². The maximum atomic E-state index is 12.8. The van der Waals surface area contributed by atoms with Crippen molar-refractivity contribution in [1.29, 1.82) is 0 Å². The number of carbonyl (C=O) groups is 1. The summed E-state index contributed by atoms with van der Waals surface area (Å²) in [6.45, 7) is 4.69. The van der Waals surface area contributed by atoms with E-state index in [1.165, 1.54) is 75.3 Å². The number of fused-ring (bicyclic) bond motifs is 1. The number of rotatable bonds is 18. The van der Waals surface area contributed by atoms with Crippen molar-refractivity contribution in [2.45, 2.75) is 90.9 Å². The summed E-state index contributed by atoms with van der Waals surface area (Å²) in [6.07, 6.45) is 17.4. The Morgan fingerprint density at radius 3 is 2.02 bits per heavy atom. The highest BCUT2D eigenvalue weighted by Gasteiger charge is 2.10. The van der Waals surface area contributed by atoms with E-state index in [1.807, 2.05) is 18.2 Å². The maximum Gasteiger partial charge on any atom is 0.343 e. The lowest BCUT2D eigenvalue weighted by atomic mass is 10.1. The summed E-state index contributed by atoms with van der Waals surface area (Å²) in [7, 11) is 0. The first-order valence-electron chi connectivity index (χ1n) is 16.1. The summed E-state index contributed by atoms with van der Waals surface area (Å²) in [5, 5.41) is 4.84. The second kappa shape index (κ2) is 17.8. The van der Waals surface area contributed by atoms with Gasteiger partial charge in [-0.25, -0.2) is 9.78 Å². The lowest BCUT2D eigenvalue weighted by Gasteiger charge is -2.08. The molecule has 7 nitrogen and oxygen atoms in total. The summed E-state index contributed by atoms with van der Waals surface area (Å²) >= 11 is 0. The van der Waals surface area contributed by atoms with Crippen LogP contribution in [0.2, 0.25) is 0 Å². The molecule has 1 heterocycles. The summed E-state index contributed by atoms with van der Waals surface area (Å²) in [5.74, 6) is 1.23. The molecule has 0 unspecified atom stereocenters. The molecular weight excluding hydrogens is 550 g/mol. The van der Waals surface area contributed by atoms with Crippen LogP contribution < -0.4 is 15.0 Å². The van der Waals surface area contributed by atoms with E-state index in [1.54, 1.807) is 67.7 Å². The lowest BCUT2D eigenvalue weighted by molar-refractivity contribution is 0.0734. The third kappa shape index (κ3) is 10.2. The van der Waals surface area contributed by atoms with Gasteiger partial charge in [0.05, 0.1) is 29.3 Å². The molecule has 4 aromatic rings. The van der Waals surface area contributed by atoms with Crippen molar-refractivity contribution in [3.8, 4) is 11.5 Å². The Hall–Kier alpha value is -4.26. The Labute approximate surface area is 260 Å². The first-order valence-corrected chi connectivity index (χ1v) is 16.1. The van der Waals surface area contributed by atoms with Crippen LogP contribution in [0.1, 0.15) is 106 Å². The van der Waals surface area contributed by atoms with Gasteiger partial charge in [-0.15, -0.1) is 0 Å². The number of nitrogens with zero attached hydrogens (tertiary/aromatic N) is 3. The normalized spacial score (nSPS) is 11.3. The van der Waals surface area contributed by atoms with Crippen LogP contribution in [0, 0.1) is 6.92 Å². The zero-order chi connectivity index (χ0) is 31.0. The van der Waals surface area contributed by atoms with Crippen molar-refractivity contribution in [2.24, 2.45) is 5.10 Å². The van der Waals surface area contributed by atoms with Crippen LogP contribution in [0.5, 0.6) is 11.5 Å². The molecule has 0 amide bonds. The molecule has 0 aliphatic rings. The quantitative estimate of drug-likeness (QED) is 0.0496. The molecule has 0 N–H and O–H groups in total. The van der Waals surface area contributed by atoms with Gasteiger partial charge in [-0.2, -0.15) is 9.78 Å². The van der Waals surface area contributed by atoms with Gasteiger partial charge in [-0.05, 0) is 79.6 Å². The molecule has 1 aromatic heterocycles. The van der Waals surface area contributed by atoms with Gasteiger partial charge >= 0.3 is 5.97 Å². The molecule has 0 aliphatic carbocycles. The van der Waals surface area contributed by atoms with Crippen molar-refractivity contribution < 1.29 is 14.3 Å². The van der Waals surface area contributed by atoms with Gasteiger partial charge in [0.25, 0.3) is 5.56 Å². The molecule has 0 radical (unpaired) electrons. The number of aryl methyl sites for hydroxylation is 1. The number of ether oxygens (including phenoxy) is 2. The number of aromatic nitrogens is 2. The molecule has 7 heteroatoms. The first kappa shape index (κ1) is 32.6. The zero-order valence-corrected chi connectivity index (χ0v) is 26.2. The molecule has 0 saturated heterocycles. The highest BCUT2D eigenvalue weighted by molar-refractivity contribution is 5.91. The van der Waals surface area contributed by atoms with Crippen molar-refractivity contribution in [1.82, 2.24) is 9.66 Å². The van der Waals surface area contributed by atoms with Crippen LogP contribution in [-0.2, 0) is 0 Å². The number of para-hydroxylation sites is 1. The van der Waals surface area contributed by atoms with E-state index in [0.717, 1.165) is 17.7 Å². The number of unbranched alkanes of at least 4 members (excludes halogenated alkanes) is 11. The molecule has 4 rings (SSSR count). The minimum atomic E-state index is -0.441. The van der Waals surface area contributed by atoms with Crippen LogP contribution in [0.4, 0.5) is 0 Å². The number of hydrogen-bond acceptors (Lipinski definition) is 6. The smallest absolute Gasteiger partial charge is 0.343 e. The predicted octanol–water partition coefficient (Wildman–Crippen LogP) is 8.89. The molecule has 0 aliphatic heterocycles. The Morgan fingerprint density at radius 1 is 0.773 bits per heavy atom. The largest absolute Gasteiger partial charge is 0.494 e. The Bertz CT molecular complexity index is 1540. The standard InChI is InChI=1S/C37H45N3O4/c1-3-4-5-6-7-8-9-10-11-12-13-16-27-43-32-25-21-31(22-26-32)37(42)44-33-23-19-30(20-24-33)28-38-40-29(2)39-35-18-15-14-17-34(35)36(40)41/h14-15,17-26,28H,3-13,16,27H2,1-2H3/b38-28+. The Kier molecular flexibility index (Phi) is 13.2. The Morgan fingerprint density at radius 2 is 1.36 bits per heavy atom. The van der Waals surface area contributed by atoms with Gasteiger partial charge in [0, 0.05) is 0 Å². The Balaban J connectivity index is 1.15. The minimum Gasteiger partial charge on any atom is -0.494 e. The van der Waals surface area contributed by atoms with Gasteiger partial charge in [0.15, 0.2) is 0 Å². The van der Waals surface area contributed by atoms with Crippen molar-refractivity contribution in [3.63, 3.8) is 0 Å². The van der Waals surface area contributed by atoms with Gasteiger partial charge in [0.1, 0.15) is 17.3 Å². The molecule has 3 aromatic carbocycles. The average molecular weight is 596 g/mol. The van der Waals surface area contributed by atoms with E-state index in [4.69, 9.17) is 9.47 Å². The fraction of sp³-hybridized carbons (Fsp3) is 0.405. The van der Waals surface area contributed by atoms with Crippen LogP contribution in [0.3, 0.4) is 0 Å². The van der Waals surface area contributed by atoms with Crippen molar-refractivity contribution in [2.75, 3.05) is 6.61 Å². The van der Waals surface area contributed by atoms with Crippen molar-refractivity contribution in [3.05, 3.63) is 100 Å². The number of esters is 1. The fourth-order valence-corrected chi connectivity index (χ4v) is 5.10. The predicted molar refractivity (Wildman–Crippen MR) is 178 cm³/mol. The first-order chi connectivity index (χ1) is 21.5. The van der Waals surface area contributed by atoms with E-state index in [9.17, 15) is 9.59 Å². The molecular formula is C37H45N3O4. The fourth-order valence-electron chi connectivity index (χ4n) is 5.10. The van der Waals surface area contributed by atoms with Gasteiger partial charge in [-0.3, -0.25) is 4.79 Å². The molecule has 0 saturated carbocycles. The number of benzene rings is 3. The van der Waals surface area contributed by atoms with Gasteiger partial charge in [-0.1, -0.05) is 89.7 Å². The van der Waals surface area contributed by atoms with Gasteiger partial charge in [0.2, 0.25) is 0 Å². The molecule has 0 bridgehead atoms. The second-order valence-corrected chi connectivity index (χ2v) is 11.3. The highest BCUT2D eigenvalue weighted by atomic mass is 16.5. The van der Waals surface area contributed by atoms with Crippen LogP contribution in [0.15, 0.2) is 82.7 Å². The van der Waals surface area contributed by atoms with Crippen molar-refractivity contribution >= 4 is 23.1 Å². The minimum absolute atomic E-state index is 0.226. The SMILES string of the molecule is CCCCCCCCCCCCCCOc1ccc(C(=O)Oc2ccc(/C=N/n3c(C)nc4ccccc4c3=O)cc2)cc1. The van der Waals surface area contributed by atoms with Crippen LogP contribution in [0.25, 0.3) is 10.9 Å². The van der Waals surface area contributed by atoms with Crippen LogP contribution in [-0.4, -0.2) is 28.5 Å². The van der Waals surface area contributed by atoms with E-state index >= 15 is 0 Å². The third-order valence-corrected chi connectivity index (χ3v) is 7.69. The molecule has 0 fully saturated rings. The second-order valence-electron chi connectivity index (χ2n) is 11.3. The number of hydrogen-bond donors (Lipinski definition) is 0. The maximum absolute atomic E-state index is 12.8. The molecule has 232 valence electrons. The monoisotopic (exact) mass is 595 g/mol. The summed E-state index contributed by atoms with van der Waals surface area (Å²) in [5.41, 5.74) is 1.62. The summed E-state index contributed by atoms with van der Waals surface area (Å²) in [6, 6.07) is 21.2. The zero-order valence-electron chi connectivity index (χ0n) is 26.2. The molecule has 0 spiro atoms. The van der Waals surface area contributed by atoms with E-state index < -0.39 is 5.97 Å². The highest BCUT2D eigenvalue weighted by Crippen LogP contribution is 2.18. The van der Waals surface area contributed by atoms with E-state index in [0.29, 0.717) is 34.6 Å². The van der Waals surface area contributed by atoms with Crippen LogP contribution >= 0.6 is 0 Å².